The van der Waals surface area contributed by atoms with Gasteiger partial charge in [0.15, 0.2) is 0 Å². The van der Waals surface area contributed by atoms with Gasteiger partial charge >= 0.3 is 6.03 Å². The lowest BCUT2D eigenvalue weighted by atomic mass is 10.0. The molecule has 1 aliphatic rings. The number of hydrogen-bond acceptors (Lipinski definition) is 3. The summed E-state index contributed by atoms with van der Waals surface area (Å²) in [4.78, 5) is 14.3. The van der Waals surface area contributed by atoms with Crippen LogP contribution in [-0.4, -0.2) is 44.2 Å². The molecular weight excluding hydrogens is 254 g/mol. The number of carbonyl (C=O) groups is 1. The van der Waals surface area contributed by atoms with E-state index in [4.69, 9.17) is 4.74 Å². The van der Waals surface area contributed by atoms with Crippen LogP contribution in [0.5, 0.6) is 5.75 Å². The van der Waals surface area contributed by atoms with Crippen molar-refractivity contribution in [2.75, 3.05) is 32.6 Å². The van der Waals surface area contributed by atoms with E-state index in [1.165, 1.54) is 6.42 Å². The quantitative estimate of drug-likeness (QED) is 0.888. The fourth-order valence-electron chi connectivity index (χ4n) is 2.59. The van der Waals surface area contributed by atoms with Gasteiger partial charge in [-0.2, -0.15) is 0 Å². The van der Waals surface area contributed by atoms with Gasteiger partial charge in [-0.25, -0.2) is 4.79 Å². The van der Waals surface area contributed by atoms with E-state index >= 15 is 0 Å². The summed E-state index contributed by atoms with van der Waals surface area (Å²) in [6.45, 7) is 1.67. The number of piperidine rings is 1. The van der Waals surface area contributed by atoms with E-state index in [9.17, 15) is 4.79 Å². The van der Waals surface area contributed by atoms with Crippen LogP contribution in [0, 0.1) is 0 Å². The van der Waals surface area contributed by atoms with Gasteiger partial charge in [0, 0.05) is 24.8 Å². The Kier molecular flexibility index (Phi) is 5.24. The lowest BCUT2D eigenvalue weighted by molar-refractivity contribution is 0.162. The average Bonchev–Trinajstić information content (AvgIpc) is 2.49. The number of rotatable bonds is 4. The van der Waals surface area contributed by atoms with Gasteiger partial charge in [-0.15, -0.1) is 0 Å². The molecule has 2 N–H and O–H groups in total. The van der Waals surface area contributed by atoms with Gasteiger partial charge in [-0.05, 0) is 50.6 Å². The number of anilines is 1. The number of ether oxygens (including phenoxy) is 1. The summed E-state index contributed by atoms with van der Waals surface area (Å²) in [5.41, 5.74) is 0.796. The van der Waals surface area contributed by atoms with Gasteiger partial charge in [0.25, 0.3) is 0 Å². The summed E-state index contributed by atoms with van der Waals surface area (Å²) in [6, 6.07) is 7.66. The number of benzene rings is 1. The molecule has 0 aliphatic carbocycles. The van der Waals surface area contributed by atoms with Crippen LogP contribution in [0.4, 0.5) is 10.5 Å². The monoisotopic (exact) mass is 277 g/mol. The number of nitrogens with one attached hydrogen (secondary N) is 2. The van der Waals surface area contributed by atoms with Crippen LogP contribution < -0.4 is 15.4 Å². The number of amides is 2. The van der Waals surface area contributed by atoms with Crippen LogP contribution in [0.25, 0.3) is 0 Å². The van der Waals surface area contributed by atoms with Crippen molar-refractivity contribution in [3.8, 4) is 5.75 Å². The van der Waals surface area contributed by atoms with Crippen molar-refractivity contribution in [2.45, 2.75) is 25.3 Å². The normalized spacial score (nSPS) is 18.7. The predicted octanol–water partition coefficient (Wildman–Crippen LogP) is 2.30. The largest absolute Gasteiger partial charge is 0.497 e. The van der Waals surface area contributed by atoms with Crippen molar-refractivity contribution in [1.82, 2.24) is 10.2 Å². The highest BCUT2D eigenvalue weighted by molar-refractivity contribution is 5.89. The number of methoxy groups -OCH3 is 1. The molecular formula is C15H23N3O2. The van der Waals surface area contributed by atoms with Crippen LogP contribution in [0.3, 0.4) is 0 Å². The number of likely N-dealkylation sites (N-methyl/N-ethyl adjacent to an activating group) is 1. The van der Waals surface area contributed by atoms with Gasteiger partial charge in [0.2, 0.25) is 0 Å². The minimum atomic E-state index is -0.0184. The molecule has 1 aromatic rings. The Morgan fingerprint density at radius 2 is 2.10 bits per heavy atom. The number of nitrogens with zero attached hydrogens (tertiary/aromatic N) is 1. The first-order valence-corrected chi connectivity index (χ1v) is 7.11. The molecule has 20 heavy (non-hydrogen) atoms. The maximum absolute atomic E-state index is 12.4. The third-order valence-corrected chi connectivity index (χ3v) is 3.67. The van der Waals surface area contributed by atoms with E-state index in [0.29, 0.717) is 0 Å². The van der Waals surface area contributed by atoms with Gasteiger partial charge in [-0.3, -0.25) is 0 Å². The highest BCUT2D eigenvalue weighted by Crippen LogP contribution is 2.19. The van der Waals surface area contributed by atoms with Crippen LogP contribution >= 0.6 is 0 Å². The Hall–Kier alpha value is -1.75. The zero-order valence-electron chi connectivity index (χ0n) is 12.2. The van der Waals surface area contributed by atoms with Crippen molar-refractivity contribution < 1.29 is 9.53 Å². The molecule has 0 saturated carbocycles. The summed E-state index contributed by atoms with van der Waals surface area (Å²) in [7, 11) is 3.55. The maximum Gasteiger partial charge on any atom is 0.322 e. The number of carbonyl (C=O) groups excluding carboxylic acids is 1. The lowest BCUT2D eigenvalue weighted by Crippen LogP contribution is -2.49. The first-order valence-electron chi connectivity index (χ1n) is 7.11. The molecule has 0 spiro atoms. The highest BCUT2D eigenvalue weighted by Gasteiger charge is 2.25. The van der Waals surface area contributed by atoms with Crippen molar-refractivity contribution >= 4 is 11.7 Å². The summed E-state index contributed by atoms with van der Waals surface area (Å²) in [5, 5.41) is 6.12. The molecule has 1 aliphatic heterocycles. The zero-order chi connectivity index (χ0) is 14.4. The minimum absolute atomic E-state index is 0.0184. The number of urea groups is 1. The van der Waals surface area contributed by atoms with Crippen LogP contribution in [0.15, 0.2) is 24.3 Å². The van der Waals surface area contributed by atoms with Crippen molar-refractivity contribution in [2.24, 2.45) is 0 Å². The van der Waals surface area contributed by atoms with E-state index in [1.807, 2.05) is 36.2 Å². The Morgan fingerprint density at radius 1 is 1.35 bits per heavy atom. The molecule has 110 valence electrons. The molecule has 1 heterocycles. The molecule has 2 rings (SSSR count). The molecule has 0 radical (unpaired) electrons. The second kappa shape index (κ2) is 7.14. The van der Waals surface area contributed by atoms with Crippen LogP contribution in [0.2, 0.25) is 0 Å². The molecule has 5 heteroatoms. The highest BCUT2D eigenvalue weighted by atomic mass is 16.5. The third kappa shape index (κ3) is 3.63. The molecule has 1 saturated heterocycles. The van der Waals surface area contributed by atoms with Crippen molar-refractivity contribution in [3.05, 3.63) is 24.3 Å². The first-order chi connectivity index (χ1) is 9.74. The fraction of sp³-hybridized carbons (Fsp3) is 0.533. The first kappa shape index (κ1) is 14.7. The molecule has 1 aromatic carbocycles. The van der Waals surface area contributed by atoms with Crippen LogP contribution in [0.1, 0.15) is 19.3 Å². The molecule has 2 amide bonds. The minimum Gasteiger partial charge on any atom is -0.497 e. The number of likely N-dealkylation sites (tertiary alicyclic amines) is 1. The lowest BCUT2D eigenvalue weighted by Gasteiger charge is -2.35. The Morgan fingerprint density at radius 3 is 2.75 bits per heavy atom. The Bertz CT molecular complexity index is 431. The number of hydrogen-bond donors (Lipinski definition) is 2. The van der Waals surface area contributed by atoms with Crippen LogP contribution in [-0.2, 0) is 0 Å². The zero-order valence-corrected chi connectivity index (χ0v) is 12.2. The molecule has 1 unspecified atom stereocenters. The van der Waals surface area contributed by atoms with Crippen molar-refractivity contribution in [1.29, 1.82) is 0 Å². The van der Waals surface area contributed by atoms with E-state index in [-0.39, 0.29) is 12.1 Å². The Labute approximate surface area is 120 Å². The molecule has 0 aromatic heterocycles. The molecule has 5 nitrogen and oxygen atoms in total. The molecule has 1 fully saturated rings. The SMILES string of the molecule is CNCC1CCCCN1C(=O)Nc1ccc(OC)cc1. The third-order valence-electron chi connectivity index (χ3n) is 3.67. The van der Waals surface area contributed by atoms with Crippen molar-refractivity contribution in [3.63, 3.8) is 0 Å². The van der Waals surface area contributed by atoms with E-state index < -0.39 is 0 Å². The summed E-state index contributed by atoms with van der Waals surface area (Å²) in [6.07, 6.45) is 3.34. The standard InChI is InChI=1S/C15H23N3O2/c1-16-11-13-5-3-4-10-18(13)15(19)17-12-6-8-14(20-2)9-7-12/h6-9,13,16H,3-5,10-11H2,1-2H3,(H,17,19). The van der Waals surface area contributed by atoms with Gasteiger partial charge in [0.1, 0.15) is 5.75 Å². The average molecular weight is 277 g/mol. The second-order valence-corrected chi connectivity index (χ2v) is 5.06. The van der Waals surface area contributed by atoms with Gasteiger partial charge in [0.05, 0.1) is 7.11 Å². The fourth-order valence-corrected chi connectivity index (χ4v) is 2.59. The second-order valence-electron chi connectivity index (χ2n) is 5.06. The summed E-state index contributed by atoms with van der Waals surface area (Å²) in [5.74, 6) is 0.786. The summed E-state index contributed by atoms with van der Waals surface area (Å²) >= 11 is 0. The molecule has 0 bridgehead atoms. The maximum atomic E-state index is 12.4. The topological polar surface area (TPSA) is 53.6 Å². The van der Waals surface area contributed by atoms with E-state index in [2.05, 4.69) is 10.6 Å². The molecule has 1 atom stereocenters. The Balaban J connectivity index is 1.98. The summed E-state index contributed by atoms with van der Waals surface area (Å²) < 4.78 is 5.11. The van der Waals surface area contributed by atoms with E-state index in [1.54, 1.807) is 7.11 Å². The smallest absolute Gasteiger partial charge is 0.322 e. The predicted molar refractivity (Wildman–Crippen MR) is 80.3 cm³/mol. The van der Waals surface area contributed by atoms with Gasteiger partial charge < -0.3 is 20.3 Å². The van der Waals surface area contributed by atoms with E-state index in [0.717, 1.165) is 37.4 Å². The van der Waals surface area contributed by atoms with Gasteiger partial charge in [-0.1, -0.05) is 0 Å².